The minimum absolute atomic E-state index is 0.0615. The summed E-state index contributed by atoms with van der Waals surface area (Å²) in [5.41, 5.74) is 6.45. The van der Waals surface area contributed by atoms with Crippen LogP contribution < -0.4 is 10.5 Å². The van der Waals surface area contributed by atoms with Crippen molar-refractivity contribution in [2.24, 2.45) is 5.73 Å². The van der Waals surface area contributed by atoms with Crippen molar-refractivity contribution >= 4 is 5.69 Å². The average molecular weight is 240 g/mol. The third kappa shape index (κ3) is 3.40. The third-order valence-corrected chi connectivity index (χ3v) is 2.50. The summed E-state index contributed by atoms with van der Waals surface area (Å²) in [7, 11) is 1.38. The van der Waals surface area contributed by atoms with Crippen molar-refractivity contribution in [2.45, 2.75) is 18.9 Å². The standard InChI is InChI=1S/C11H16N2O4/c1-17-11-5-4-8(7-10(11)13(15)16)9(12)3-2-6-14/h4-5,7,9,14H,2-3,6,12H2,1H3/t9-/m0/s1. The van der Waals surface area contributed by atoms with Gasteiger partial charge in [0.15, 0.2) is 5.75 Å². The van der Waals surface area contributed by atoms with E-state index in [1.807, 2.05) is 0 Å². The third-order valence-electron chi connectivity index (χ3n) is 2.50. The van der Waals surface area contributed by atoms with Gasteiger partial charge in [0, 0.05) is 18.7 Å². The zero-order chi connectivity index (χ0) is 12.8. The number of nitro benzene ring substituents is 1. The maximum atomic E-state index is 10.8. The molecular formula is C11H16N2O4. The first-order valence-electron chi connectivity index (χ1n) is 5.29. The number of ether oxygens (including phenoxy) is 1. The Labute approximate surface area is 99.2 Å². The van der Waals surface area contributed by atoms with E-state index in [1.165, 1.54) is 19.2 Å². The van der Waals surface area contributed by atoms with Gasteiger partial charge in [-0.25, -0.2) is 0 Å². The molecule has 0 saturated carbocycles. The molecule has 3 N–H and O–H groups in total. The van der Waals surface area contributed by atoms with Crippen LogP contribution in [-0.2, 0) is 0 Å². The van der Waals surface area contributed by atoms with Crippen molar-refractivity contribution in [1.29, 1.82) is 0 Å². The summed E-state index contributed by atoms with van der Waals surface area (Å²) < 4.78 is 4.90. The quantitative estimate of drug-likeness (QED) is 0.578. The Bertz CT molecular complexity index is 395. The molecule has 94 valence electrons. The van der Waals surface area contributed by atoms with E-state index >= 15 is 0 Å². The average Bonchev–Trinajstić information content (AvgIpc) is 2.34. The SMILES string of the molecule is COc1ccc([C@@H](N)CCCO)cc1[N+](=O)[O-]. The molecule has 1 atom stereocenters. The molecule has 0 unspecified atom stereocenters. The Hall–Kier alpha value is -1.66. The van der Waals surface area contributed by atoms with E-state index in [2.05, 4.69) is 0 Å². The zero-order valence-electron chi connectivity index (χ0n) is 9.63. The van der Waals surface area contributed by atoms with Gasteiger partial charge in [0.25, 0.3) is 0 Å². The van der Waals surface area contributed by atoms with E-state index in [1.54, 1.807) is 6.07 Å². The Balaban J connectivity index is 2.95. The number of hydrogen-bond acceptors (Lipinski definition) is 5. The molecule has 0 bridgehead atoms. The number of methoxy groups -OCH3 is 1. The molecule has 0 saturated heterocycles. The van der Waals surface area contributed by atoms with Crippen molar-refractivity contribution in [1.82, 2.24) is 0 Å². The lowest BCUT2D eigenvalue weighted by Gasteiger charge is -2.11. The molecule has 0 heterocycles. The van der Waals surface area contributed by atoms with Crippen LogP contribution in [0.2, 0.25) is 0 Å². The predicted octanol–water partition coefficient (Wildman–Crippen LogP) is 1.38. The van der Waals surface area contributed by atoms with E-state index < -0.39 is 4.92 Å². The van der Waals surface area contributed by atoms with Gasteiger partial charge in [0.1, 0.15) is 0 Å². The van der Waals surface area contributed by atoms with Gasteiger partial charge in [-0.05, 0) is 24.5 Å². The van der Waals surface area contributed by atoms with Crippen LogP contribution >= 0.6 is 0 Å². The number of nitrogens with zero attached hydrogens (tertiary/aromatic N) is 1. The summed E-state index contributed by atoms with van der Waals surface area (Å²) in [6.07, 6.45) is 1.15. The summed E-state index contributed by atoms with van der Waals surface area (Å²) in [5, 5.41) is 19.5. The molecule has 0 aliphatic carbocycles. The molecule has 0 spiro atoms. The maximum Gasteiger partial charge on any atom is 0.311 e. The minimum atomic E-state index is -0.499. The fraction of sp³-hybridized carbons (Fsp3) is 0.455. The van der Waals surface area contributed by atoms with Crippen LogP contribution in [0.25, 0.3) is 0 Å². The van der Waals surface area contributed by atoms with Crippen LogP contribution in [0.1, 0.15) is 24.4 Å². The van der Waals surface area contributed by atoms with Gasteiger partial charge < -0.3 is 15.6 Å². The molecule has 1 rings (SSSR count). The highest BCUT2D eigenvalue weighted by Gasteiger charge is 2.17. The second kappa shape index (κ2) is 6.17. The van der Waals surface area contributed by atoms with Crippen LogP contribution in [0, 0.1) is 10.1 Å². The first kappa shape index (κ1) is 13.4. The number of nitro groups is 1. The summed E-state index contributed by atoms with van der Waals surface area (Å²) in [4.78, 5) is 10.3. The fourth-order valence-corrected chi connectivity index (χ4v) is 1.56. The monoisotopic (exact) mass is 240 g/mol. The Kier molecular flexibility index (Phi) is 4.86. The number of nitrogens with two attached hydrogens (primary N) is 1. The second-order valence-electron chi connectivity index (χ2n) is 3.66. The Morgan fingerprint density at radius 1 is 1.59 bits per heavy atom. The van der Waals surface area contributed by atoms with E-state index in [4.69, 9.17) is 15.6 Å². The van der Waals surface area contributed by atoms with Crippen LogP contribution in [0.3, 0.4) is 0 Å². The summed E-state index contributed by atoms with van der Waals surface area (Å²) in [5.74, 6) is 0.216. The van der Waals surface area contributed by atoms with Gasteiger partial charge in [-0.2, -0.15) is 0 Å². The first-order chi connectivity index (χ1) is 8.10. The second-order valence-corrected chi connectivity index (χ2v) is 3.66. The Morgan fingerprint density at radius 3 is 2.82 bits per heavy atom. The normalized spacial score (nSPS) is 12.2. The Morgan fingerprint density at radius 2 is 2.29 bits per heavy atom. The number of rotatable bonds is 6. The topological polar surface area (TPSA) is 98.6 Å². The minimum Gasteiger partial charge on any atom is -0.490 e. The number of hydrogen-bond donors (Lipinski definition) is 2. The molecule has 17 heavy (non-hydrogen) atoms. The van der Waals surface area contributed by atoms with Gasteiger partial charge >= 0.3 is 5.69 Å². The van der Waals surface area contributed by atoms with Crippen molar-refractivity contribution < 1.29 is 14.8 Å². The maximum absolute atomic E-state index is 10.8. The predicted molar refractivity (Wildman–Crippen MR) is 62.9 cm³/mol. The molecule has 6 nitrogen and oxygen atoms in total. The van der Waals surface area contributed by atoms with Crippen molar-refractivity contribution in [3.8, 4) is 5.75 Å². The van der Waals surface area contributed by atoms with Gasteiger partial charge in [-0.3, -0.25) is 10.1 Å². The van der Waals surface area contributed by atoms with E-state index in [0.717, 1.165) is 0 Å². The van der Waals surface area contributed by atoms with Gasteiger partial charge in [-0.1, -0.05) is 6.07 Å². The fourth-order valence-electron chi connectivity index (χ4n) is 1.56. The molecule has 0 radical (unpaired) electrons. The summed E-state index contributed by atoms with van der Waals surface area (Å²) in [6.45, 7) is 0.0615. The van der Waals surface area contributed by atoms with Crippen LogP contribution in [-0.4, -0.2) is 23.7 Å². The van der Waals surface area contributed by atoms with Crippen LogP contribution in [0.5, 0.6) is 5.75 Å². The smallest absolute Gasteiger partial charge is 0.311 e. The molecular weight excluding hydrogens is 224 g/mol. The van der Waals surface area contributed by atoms with Crippen LogP contribution in [0.4, 0.5) is 5.69 Å². The molecule has 0 aliphatic rings. The van der Waals surface area contributed by atoms with Gasteiger partial charge in [-0.15, -0.1) is 0 Å². The lowest BCUT2D eigenvalue weighted by Crippen LogP contribution is -2.11. The number of aliphatic hydroxyl groups is 1. The first-order valence-corrected chi connectivity index (χ1v) is 5.29. The lowest BCUT2D eigenvalue weighted by molar-refractivity contribution is -0.385. The number of benzene rings is 1. The van der Waals surface area contributed by atoms with Crippen molar-refractivity contribution in [3.05, 3.63) is 33.9 Å². The van der Waals surface area contributed by atoms with Crippen molar-refractivity contribution in [2.75, 3.05) is 13.7 Å². The number of aliphatic hydroxyl groups excluding tert-OH is 1. The van der Waals surface area contributed by atoms with Crippen molar-refractivity contribution in [3.63, 3.8) is 0 Å². The summed E-state index contributed by atoms with van der Waals surface area (Å²) in [6, 6.07) is 4.34. The van der Waals surface area contributed by atoms with E-state index in [-0.39, 0.29) is 24.1 Å². The molecule has 0 aromatic heterocycles. The molecule has 0 fully saturated rings. The molecule has 0 aliphatic heterocycles. The highest BCUT2D eigenvalue weighted by atomic mass is 16.6. The molecule has 0 amide bonds. The highest BCUT2D eigenvalue weighted by molar-refractivity contribution is 5.49. The summed E-state index contributed by atoms with van der Waals surface area (Å²) >= 11 is 0. The van der Waals surface area contributed by atoms with Gasteiger partial charge in [0.2, 0.25) is 0 Å². The van der Waals surface area contributed by atoms with E-state index in [0.29, 0.717) is 18.4 Å². The highest BCUT2D eigenvalue weighted by Crippen LogP contribution is 2.30. The molecule has 6 heteroatoms. The van der Waals surface area contributed by atoms with E-state index in [9.17, 15) is 10.1 Å². The largest absolute Gasteiger partial charge is 0.490 e. The lowest BCUT2D eigenvalue weighted by atomic mass is 10.0. The van der Waals surface area contributed by atoms with Crippen LogP contribution in [0.15, 0.2) is 18.2 Å². The van der Waals surface area contributed by atoms with Gasteiger partial charge in [0.05, 0.1) is 12.0 Å². The molecule has 1 aromatic rings. The zero-order valence-corrected chi connectivity index (χ0v) is 9.63. The molecule has 1 aromatic carbocycles.